The number of rotatable bonds is 8. The van der Waals surface area contributed by atoms with Crippen molar-refractivity contribution in [2.75, 3.05) is 38.2 Å². The number of carbonyl (C=O) groups excluding carboxylic acids is 2. The number of carbonyl (C=O) groups is 2. The van der Waals surface area contributed by atoms with Crippen LogP contribution in [0, 0.1) is 0 Å². The Morgan fingerprint density at radius 2 is 1.62 bits per heavy atom. The zero-order chi connectivity index (χ0) is 25.8. The molecule has 8 heteroatoms. The number of anilines is 1. The van der Waals surface area contributed by atoms with Crippen molar-refractivity contribution in [1.29, 1.82) is 0 Å². The van der Waals surface area contributed by atoms with Crippen molar-refractivity contribution in [1.82, 2.24) is 9.47 Å². The van der Waals surface area contributed by atoms with E-state index in [2.05, 4.69) is 4.90 Å². The number of ether oxygens (including phenoxy) is 3. The van der Waals surface area contributed by atoms with Gasteiger partial charge in [-0.25, -0.2) is 4.79 Å². The monoisotopic (exact) mass is 503 g/mol. The molecule has 0 spiro atoms. The Balaban J connectivity index is 1.15. The number of hydrogen-bond acceptors (Lipinski definition) is 6. The van der Waals surface area contributed by atoms with Crippen LogP contribution in [-0.4, -0.2) is 66.8 Å². The number of methoxy groups -OCH3 is 1. The van der Waals surface area contributed by atoms with Crippen LogP contribution < -0.4 is 9.64 Å². The lowest BCUT2D eigenvalue weighted by Gasteiger charge is -2.41. The lowest BCUT2D eigenvalue weighted by Crippen LogP contribution is -2.54. The van der Waals surface area contributed by atoms with Gasteiger partial charge in [0, 0.05) is 32.4 Å². The number of hydrogen-bond donors (Lipinski definition) is 0. The van der Waals surface area contributed by atoms with E-state index < -0.39 is 0 Å². The normalized spacial score (nSPS) is 16.4. The van der Waals surface area contributed by atoms with E-state index in [1.165, 1.54) is 7.11 Å². The fourth-order valence-electron chi connectivity index (χ4n) is 4.93. The summed E-state index contributed by atoms with van der Waals surface area (Å²) >= 11 is 0. The summed E-state index contributed by atoms with van der Waals surface area (Å²) in [5.41, 5.74) is 3.42. The van der Waals surface area contributed by atoms with Crippen LogP contribution >= 0.6 is 0 Å². The van der Waals surface area contributed by atoms with Crippen LogP contribution in [-0.2, 0) is 20.9 Å². The third kappa shape index (κ3) is 5.64. The molecule has 3 heterocycles. The molecule has 1 amide bonds. The van der Waals surface area contributed by atoms with E-state index in [1.54, 1.807) is 13.0 Å². The van der Waals surface area contributed by atoms with Gasteiger partial charge in [0.05, 0.1) is 49.8 Å². The summed E-state index contributed by atoms with van der Waals surface area (Å²) < 4.78 is 19.2. The van der Waals surface area contributed by atoms with E-state index in [1.807, 2.05) is 70.4 Å². The third-order valence-electron chi connectivity index (χ3n) is 7.07. The number of para-hydroxylation sites is 1. The third-order valence-corrected chi connectivity index (χ3v) is 7.07. The summed E-state index contributed by atoms with van der Waals surface area (Å²) in [6, 6.07) is 17.6. The maximum atomic E-state index is 12.4. The number of nitrogens with zero attached hydrogens (tertiary/aromatic N) is 3. The van der Waals surface area contributed by atoms with Crippen LogP contribution in [0.15, 0.2) is 67.0 Å². The Labute approximate surface area is 217 Å². The smallest absolute Gasteiger partial charge is 0.340 e. The van der Waals surface area contributed by atoms with Gasteiger partial charge in [0.2, 0.25) is 5.91 Å². The molecule has 0 aliphatic carbocycles. The van der Waals surface area contributed by atoms with Gasteiger partial charge in [-0.1, -0.05) is 18.2 Å². The average Bonchev–Trinajstić information content (AvgIpc) is 3.44. The molecule has 194 valence electrons. The summed E-state index contributed by atoms with van der Waals surface area (Å²) in [4.78, 5) is 28.0. The topological polar surface area (TPSA) is 73.2 Å². The van der Waals surface area contributed by atoms with Gasteiger partial charge < -0.3 is 28.6 Å². The first-order valence-corrected chi connectivity index (χ1v) is 12.7. The SMILES string of the molecule is COC(=O)c1cccc(N2CC(Oc3ccc(COC4CCN(C(C)=O)CC4)cc3)C2)c1-n1cccc1. The van der Waals surface area contributed by atoms with Gasteiger partial charge in [-0.3, -0.25) is 4.79 Å². The first kappa shape index (κ1) is 24.9. The van der Waals surface area contributed by atoms with E-state index >= 15 is 0 Å². The molecule has 0 N–H and O–H groups in total. The Morgan fingerprint density at radius 3 is 2.27 bits per heavy atom. The van der Waals surface area contributed by atoms with Gasteiger partial charge in [0.1, 0.15) is 11.9 Å². The van der Waals surface area contributed by atoms with Crippen LogP contribution in [0.25, 0.3) is 5.69 Å². The molecule has 2 aromatic carbocycles. The van der Waals surface area contributed by atoms with Crippen molar-refractivity contribution < 1.29 is 23.8 Å². The molecule has 0 atom stereocenters. The number of piperidine rings is 1. The molecule has 5 rings (SSSR count). The van der Waals surface area contributed by atoms with Crippen molar-refractivity contribution in [3.05, 3.63) is 78.1 Å². The summed E-state index contributed by atoms with van der Waals surface area (Å²) in [5.74, 6) is 0.612. The minimum atomic E-state index is -0.357. The number of benzene rings is 2. The molecule has 2 aliphatic heterocycles. The highest BCUT2D eigenvalue weighted by Crippen LogP contribution is 2.33. The van der Waals surface area contributed by atoms with E-state index in [9.17, 15) is 9.59 Å². The predicted molar refractivity (Wildman–Crippen MR) is 140 cm³/mol. The van der Waals surface area contributed by atoms with E-state index in [4.69, 9.17) is 14.2 Å². The van der Waals surface area contributed by atoms with Crippen LogP contribution in [0.5, 0.6) is 5.75 Å². The van der Waals surface area contributed by atoms with Crippen LogP contribution in [0.1, 0.15) is 35.7 Å². The molecule has 0 radical (unpaired) electrons. The van der Waals surface area contributed by atoms with Crippen LogP contribution in [0.4, 0.5) is 5.69 Å². The van der Waals surface area contributed by atoms with Gasteiger partial charge in [-0.2, -0.15) is 0 Å². The van der Waals surface area contributed by atoms with Crippen molar-refractivity contribution in [3.63, 3.8) is 0 Å². The van der Waals surface area contributed by atoms with E-state index in [-0.39, 0.29) is 24.1 Å². The van der Waals surface area contributed by atoms with Crippen molar-refractivity contribution >= 4 is 17.6 Å². The second-order valence-electron chi connectivity index (χ2n) is 9.56. The van der Waals surface area contributed by atoms with Gasteiger partial charge in [-0.05, 0) is 54.8 Å². The molecule has 37 heavy (non-hydrogen) atoms. The molecule has 2 saturated heterocycles. The highest BCUT2D eigenvalue weighted by molar-refractivity contribution is 5.96. The summed E-state index contributed by atoms with van der Waals surface area (Å²) in [6.45, 7) is 5.16. The van der Waals surface area contributed by atoms with Crippen LogP contribution in [0.3, 0.4) is 0 Å². The Hall–Kier alpha value is -3.78. The standard InChI is InChI=1S/C29H33N3O5/c1-21(33)30-16-12-23(13-17-30)36-20-22-8-10-24(11-9-22)37-25-18-32(19-25)27-7-5-6-26(29(34)35-2)28(27)31-14-3-4-15-31/h3-11,14-15,23,25H,12-13,16-20H2,1-2H3. The molecule has 1 aromatic heterocycles. The van der Waals surface area contributed by atoms with Crippen molar-refractivity contribution in [2.45, 2.75) is 38.6 Å². The van der Waals surface area contributed by atoms with Crippen molar-refractivity contribution in [2.24, 2.45) is 0 Å². The molecular formula is C29H33N3O5. The van der Waals surface area contributed by atoms with Gasteiger partial charge in [0.25, 0.3) is 0 Å². The molecule has 0 saturated carbocycles. The van der Waals surface area contributed by atoms with Crippen LogP contribution in [0.2, 0.25) is 0 Å². The fraction of sp³-hybridized carbons (Fsp3) is 0.379. The molecular weight excluding hydrogens is 470 g/mol. The number of amides is 1. The predicted octanol–water partition coefficient (Wildman–Crippen LogP) is 4.06. The van der Waals surface area contributed by atoms with E-state index in [0.717, 1.165) is 61.7 Å². The Kier molecular flexibility index (Phi) is 7.46. The van der Waals surface area contributed by atoms with Gasteiger partial charge in [-0.15, -0.1) is 0 Å². The minimum absolute atomic E-state index is 0.0628. The highest BCUT2D eigenvalue weighted by Gasteiger charge is 2.32. The number of likely N-dealkylation sites (tertiary alicyclic amines) is 1. The van der Waals surface area contributed by atoms with E-state index in [0.29, 0.717) is 12.2 Å². The molecule has 0 unspecified atom stereocenters. The molecule has 8 nitrogen and oxygen atoms in total. The summed E-state index contributed by atoms with van der Waals surface area (Å²) in [6.07, 6.45) is 5.88. The largest absolute Gasteiger partial charge is 0.487 e. The molecule has 2 fully saturated rings. The molecule has 0 bridgehead atoms. The lowest BCUT2D eigenvalue weighted by molar-refractivity contribution is -0.131. The lowest BCUT2D eigenvalue weighted by atomic mass is 10.1. The Morgan fingerprint density at radius 1 is 0.919 bits per heavy atom. The number of esters is 1. The van der Waals surface area contributed by atoms with Gasteiger partial charge in [0.15, 0.2) is 0 Å². The summed E-state index contributed by atoms with van der Waals surface area (Å²) in [7, 11) is 1.40. The summed E-state index contributed by atoms with van der Waals surface area (Å²) in [5, 5.41) is 0. The Bertz CT molecular complexity index is 1210. The quantitative estimate of drug-likeness (QED) is 0.432. The maximum absolute atomic E-state index is 12.4. The maximum Gasteiger partial charge on any atom is 0.340 e. The molecule has 3 aromatic rings. The average molecular weight is 504 g/mol. The molecule has 2 aliphatic rings. The minimum Gasteiger partial charge on any atom is -0.487 e. The zero-order valence-electron chi connectivity index (χ0n) is 21.3. The zero-order valence-corrected chi connectivity index (χ0v) is 21.3. The first-order valence-electron chi connectivity index (χ1n) is 12.7. The fourth-order valence-corrected chi connectivity index (χ4v) is 4.93. The van der Waals surface area contributed by atoms with Crippen molar-refractivity contribution in [3.8, 4) is 11.4 Å². The second kappa shape index (κ2) is 11.1. The van der Waals surface area contributed by atoms with Gasteiger partial charge >= 0.3 is 5.97 Å². The number of aromatic nitrogens is 1. The first-order chi connectivity index (χ1) is 18.0. The highest BCUT2D eigenvalue weighted by atomic mass is 16.5. The second-order valence-corrected chi connectivity index (χ2v) is 9.56.